The molecular formula is C60H39NO. The quantitative estimate of drug-likeness (QED) is 0.150. The molecule has 0 aliphatic heterocycles. The molecule has 12 aromatic rings. The second kappa shape index (κ2) is 14.8. The summed E-state index contributed by atoms with van der Waals surface area (Å²) in [5.74, 6) is 0. The molecule has 1 heterocycles. The zero-order valence-electron chi connectivity index (χ0n) is 33.9. The van der Waals surface area contributed by atoms with Gasteiger partial charge < -0.3 is 9.32 Å². The molecular weight excluding hydrogens is 751 g/mol. The molecule has 0 bridgehead atoms. The average Bonchev–Trinajstić information content (AvgIpc) is 3.73. The van der Waals surface area contributed by atoms with Gasteiger partial charge in [-0.1, -0.05) is 188 Å². The maximum absolute atomic E-state index is 6.10. The van der Waals surface area contributed by atoms with Crippen LogP contribution in [0.3, 0.4) is 0 Å². The van der Waals surface area contributed by atoms with E-state index in [0.29, 0.717) is 0 Å². The van der Waals surface area contributed by atoms with Gasteiger partial charge in [0.05, 0.1) is 5.69 Å². The molecule has 62 heavy (non-hydrogen) atoms. The van der Waals surface area contributed by atoms with E-state index in [9.17, 15) is 0 Å². The summed E-state index contributed by atoms with van der Waals surface area (Å²) < 4.78 is 6.10. The van der Waals surface area contributed by atoms with Crippen molar-refractivity contribution in [3.63, 3.8) is 0 Å². The highest BCUT2D eigenvalue weighted by molar-refractivity contribution is 6.15. The Morgan fingerprint density at radius 3 is 1.52 bits per heavy atom. The number of fused-ring (bicyclic) bond motifs is 7. The minimum atomic E-state index is 0.912. The first-order chi connectivity index (χ1) is 30.7. The molecule has 0 amide bonds. The monoisotopic (exact) mass is 789 g/mol. The third-order valence-corrected chi connectivity index (χ3v) is 12.5. The van der Waals surface area contributed by atoms with Gasteiger partial charge >= 0.3 is 0 Å². The zero-order valence-corrected chi connectivity index (χ0v) is 33.9. The van der Waals surface area contributed by atoms with Gasteiger partial charge in [0, 0.05) is 27.5 Å². The van der Waals surface area contributed by atoms with Gasteiger partial charge in [0.1, 0.15) is 11.2 Å². The van der Waals surface area contributed by atoms with E-state index in [1.807, 2.05) is 12.1 Å². The van der Waals surface area contributed by atoms with Crippen molar-refractivity contribution in [1.82, 2.24) is 0 Å². The van der Waals surface area contributed by atoms with E-state index in [-0.39, 0.29) is 0 Å². The van der Waals surface area contributed by atoms with Crippen LogP contribution in [-0.4, -0.2) is 0 Å². The first-order valence-electron chi connectivity index (χ1n) is 21.2. The Kier molecular flexibility index (Phi) is 8.53. The lowest BCUT2D eigenvalue weighted by Gasteiger charge is -2.28. The van der Waals surface area contributed by atoms with Gasteiger partial charge in [-0.05, 0) is 120 Å². The van der Waals surface area contributed by atoms with E-state index in [0.717, 1.165) is 39.0 Å². The molecule has 0 radical (unpaired) electrons. The molecule has 0 fully saturated rings. The number of nitrogens with zero attached hydrogens (tertiary/aromatic N) is 1. The Bertz CT molecular complexity index is 3600. The van der Waals surface area contributed by atoms with Gasteiger partial charge in [-0.2, -0.15) is 0 Å². The summed E-state index contributed by atoms with van der Waals surface area (Å²) in [7, 11) is 0. The molecule has 0 saturated carbocycles. The van der Waals surface area contributed by atoms with Crippen LogP contribution >= 0.6 is 0 Å². The number of hydrogen-bond donors (Lipinski definition) is 0. The Morgan fingerprint density at radius 2 is 0.790 bits per heavy atom. The summed E-state index contributed by atoms with van der Waals surface area (Å²) in [5, 5.41) is 9.67. The van der Waals surface area contributed by atoms with Gasteiger partial charge in [-0.15, -0.1) is 0 Å². The van der Waals surface area contributed by atoms with Crippen LogP contribution in [0.4, 0.5) is 17.1 Å². The number of benzene rings is 11. The Labute approximate surface area is 360 Å². The Balaban J connectivity index is 0.951. The number of hydrogen-bond acceptors (Lipinski definition) is 2. The average molecular weight is 790 g/mol. The maximum Gasteiger partial charge on any atom is 0.135 e. The topological polar surface area (TPSA) is 16.4 Å². The van der Waals surface area contributed by atoms with E-state index in [4.69, 9.17) is 4.42 Å². The molecule has 0 N–H and O–H groups in total. The summed E-state index contributed by atoms with van der Waals surface area (Å²) in [5.41, 5.74) is 14.7. The Morgan fingerprint density at radius 1 is 0.274 bits per heavy atom. The fraction of sp³-hybridized carbons (Fsp3) is 0. The maximum atomic E-state index is 6.10. The highest BCUT2D eigenvalue weighted by Crippen LogP contribution is 2.44. The summed E-state index contributed by atoms with van der Waals surface area (Å²) in [4.78, 5) is 2.42. The van der Waals surface area contributed by atoms with Gasteiger partial charge in [0.2, 0.25) is 0 Å². The van der Waals surface area contributed by atoms with Crippen molar-refractivity contribution in [1.29, 1.82) is 0 Å². The van der Waals surface area contributed by atoms with Crippen molar-refractivity contribution in [2.45, 2.75) is 0 Å². The van der Waals surface area contributed by atoms with Crippen LogP contribution in [0, 0.1) is 0 Å². The van der Waals surface area contributed by atoms with Crippen molar-refractivity contribution >= 4 is 71.3 Å². The van der Waals surface area contributed by atoms with E-state index < -0.39 is 0 Å². The van der Waals surface area contributed by atoms with Crippen molar-refractivity contribution in [2.24, 2.45) is 0 Å². The fourth-order valence-corrected chi connectivity index (χ4v) is 9.43. The van der Waals surface area contributed by atoms with Gasteiger partial charge in [0.15, 0.2) is 0 Å². The van der Waals surface area contributed by atoms with Crippen molar-refractivity contribution in [3.05, 3.63) is 237 Å². The SMILES string of the molecule is c1ccc(-c2ccc3ccccc3c2-c2ccc(N(c3ccc(-c4ccc(-c5ccc6oc7ccccc7c6c5)cc4)cc3)c3cc4ccccc4c4ccccc34)cc2)cc1. The summed E-state index contributed by atoms with van der Waals surface area (Å²) in [6.45, 7) is 0. The van der Waals surface area contributed by atoms with Crippen molar-refractivity contribution < 1.29 is 4.42 Å². The molecule has 1 aromatic heterocycles. The van der Waals surface area contributed by atoms with E-state index in [1.165, 1.54) is 76.8 Å². The van der Waals surface area contributed by atoms with E-state index in [1.54, 1.807) is 0 Å². The normalized spacial score (nSPS) is 11.5. The summed E-state index contributed by atoms with van der Waals surface area (Å²) in [6, 6.07) is 85.6. The second-order valence-corrected chi connectivity index (χ2v) is 16.1. The van der Waals surface area contributed by atoms with Crippen LogP contribution in [0.5, 0.6) is 0 Å². The van der Waals surface area contributed by atoms with E-state index in [2.05, 4.69) is 229 Å². The minimum Gasteiger partial charge on any atom is -0.456 e. The molecule has 0 unspecified atom stereocenters. The molecule has 0 aliphatic rings. The highest BCUT2D eigenvalue weighted by atomic mass is 16.3. The van der Waals surface area contributed by atoms with Crippen molar-refractivity contribution in [3.8, 4) is 44.5 Å². The van der Waals surface area contributed by atoms with Gasteiger partial charge in [-0.3, -0.25) is 0 Å². The molecule has 2 heteroatoms. The number of rotatable bonds is 7. The lowest BCUT2D eigenvalue weighted by molar-refractivity contribution is 0.669. The molecule has 12 rings (SSSR count). The van der Waals surface area contributed by atoms with Gasteiger partial charge in [0.25, 0.3) is 0 Å². The Hall–Kier alpha value is -8.20. The lowest BCUT2D eigenvalue weighted by atomic mass is 9.89. The van der Waals surface area contributed by atoms with Crippen molar-refractivity contribution in [2.75, 3.05) is 4.90 Å². The third kappa shape index (κ3) is 6.12. The number of furan rings is 1. The largest absolute Gasteiger partial charge is 0.456 e. The molecule has 0 aliphatic carbocycles. The molecule has 2 nitrogen and oxygen atoms in total. The first-order valence-corrected chi connectivity index (χ1v) is 21.2. The first kappa shape index (κ1) is 35.7. The second-order valence-electron chi connectivity index (χ2n) is 16.1. The van der Waals surface area contributed by atoms with Crippen LogP contribution in [0.25, 0.3) is 98.8 Å². The predicted molar refractivity (Wildman–Crippen MR) is 263 cm³/mol. The van der Waals surface area contributed by atoms with Gasteiger partial charge in [-0.25, -0.2) is 0 Å². The van der Waals surface area contributed by atoms with Crippen LogP contribution in [0.2, 0.25) is 0 Å². The fourth-order valence-electron chi connectivity index (χ4n) is 9.43. The van der Waals surface area contributed by atoms with Crippen LogP contribution in [0.15, 0.2) is 241 Å². The molecule has 0 saturated heterocycles. The molecule has 0 spiro atoms. The highest BCUT2D eigenvalue weighted by Gasteiger charge is 2.19. The molecule has 0 atom stereocenters. The summed E-state index contributed by atoms with van der Waals surface area (Å²) >= 11 is 0. The summed E-state index contributed by atoms with van der Waals surface area (Å²) in [6.07, 6.45) is 0. The van der Waals surface area contributed by atoms with Crippen LogP contribution in [0.1, 0.15) is 0 Å². The molecule has 290 valence electrons. The van der Waals surface area contributed by atoms with Crippen LogP contribution in [-0.2, 0) is 0 Å². The number of anilines is 3. The zero-order chi connectivity index (χ0) is 41.0. The third-order valence-electron chi connectivity index (χ3n) is 12.5. The minimum absolute atomic E-state index is 0.912. The number of para-hydroxylation sites is 1. The smallest absolute Gasteiger partial charge is 0.135 e. The standard InChI is InChI=1S/C60H39NO/c1-2-12-43(13-3-1)52-36-30-44-14-4-7-17-51(44)60(52)45-28-34-49(35-29-45)61(57-39-47-15-5-6-16-50(47)53-18-8-9-19-54(53)57)48-32-26-41(27-33-48)40-22-24-42(25-23-40)46-31-37-59-56(38-46)55-20-10-11-21-58(55)62-59/h1-39H. The van der Waals surface area contributed by atoms with Crippen LogP contribution < -0.4 is 4.90 Å². The lowest BCUT2D eigenvalue weighted by Crippen LogP contribution is -2.10. The molecule has 11 aromatic carbocycles. The van der Waals surface area contributed by atoms with E-state index >= 15 is 0 Å². The predicted octanol–water partition coefficient (Wildman–Crippen LogP) is 17.2.